The Balaban J connectivity index is 1.80. The zero-order valence-electron chi connectivity index (χ0n) is 11.2. The first-order valence-corrected chi connectivity index (χ1v) is 7.67. The molecule has 0 radical (unpaired) electrons. The fraction of sp³-hybridized carbons (Fsp3) is 0.533. The number of nitrogens with one attached hydrogen (secondary N) is 1. The number of hydrogen-bond donors (Lipinski definition) is 1. The van der Waals surface area contributed by atoms with Crippen LogP contribution in [-0.2, 0) is 9.53 Å². The molecule has 1 saturated carbocycles. The minimum absolute atomic E-state index is 0.0235. The first-order chi connectivity index (χ1) is 9.19. The van der Waals surface area contributed by atoms with Gasteiger partial charge in [-0.1, -0.05) is 15.9 Å². The Hall–Kier alpha value is -1.03. The van der Waals surface area contributed by atoms with Crippen molar-refractivity contribution in [2.45, 2.75) is 38.6 Å². The number of hydrogen-bond acceptors (Lipinski definition) is 3. The van der Waals surface area contributed by atoms with E-state index in [-0.39, 0.29) is 11.9 Å². The van der Waals surface area contributed by atoms with Crippen LogP contribution in [0.15, 0.2) is 28.7 Å². The van der Waals surface area contributed by atoms with E-state index in [0.717, 1.165) is 35.8 Å². The Kier molecular flexibility index (Phi) is 5.25. The van der Waals surface area contributed by atoms with Crippen LogP contribution in [0.4, 0.5) is 5.69 Å². The van der Waals surface area contributed by atoms with E-state index in [1.807, 2.05) is 19.1 Å². The third-order valence-electron chi connectivity index (χ3n) is 3.56. The first kappa shape index (κ1) is 14.4. The van der Waals surface area contributed by atoms with Gasteiger partial charge in [0.15, 0.2) is 0 Å². The van der Waals surface area contributed by atoms with E-state index in [9.17, 15) is 4.79 Å². The Morgan fingerprint density at radius 1 is 1.26 bits per heavy atom. The fourth-order valence-electron chi connectivity index (χ4n) is 2.52. The molecule has 0 heterocycles. The van der Waals surface area contributed by atoms with E-state index in [2.05, 4.69) is 33.4 Å². The van der Waals surface area contributed by atoms with Crippen molar-refractivity contribution in [2.75, 3.05) is 11.9 Å². The van der Waals surface area contributed by atoms with Crippen molar-refractivity contribution in [3.05, 3.63) is 28.7 Å². The molecule has 0 amide bonds. The summed E-state index contributed by atoms with van der Waals surface area (Å²) in [6.07, 6.45) is 3.90. The molecule has 3 nitrogen and oxygen atoms in total. The lowest BCUT2D eigenvalue weighted by Gasteiger charge is -2.28. The number of esters is 1. The number of carbonyl (C=O) groups is 1. The fourth-order valence-corrected chi connectivity index (χ4v) is 2.78. The van der Waals surface area contributed by atoms with Crippen LogP contribution in [0.1, 0.15) is 32.6 Å². The highest BCUT2D eigenvalue weighted by atomic mass is 79.9. The van der Waals surface area contributed by atoms with Gasteiger partial charge in [-0.15, -0.1) is 0 Å². The maximum atomic E-state index is 11.7. The standard InChI is InChI=1S/C15H20BrNO2/c1-2-19-15(18)11-3-7-13(8-4-11)17-14-9-5-12(16)6-10-14/h5-6,9-11,13,17H,2-4,7-8H2,1H3. The molecule has 1 aromatic carbocycles. The molecule has 0 bridgehead atoms. The molecule has 0 atom stereocenters. The normalized spacial score (nSPS) is 22.8. The van der Waals surface area contributed by atoms with Crippen LogP contribution in [0, 0.1) is 5.92 Å². The first-order valence-electron chi connectivity index (χ1n) is 6.87. The minimum atomic E-state index is -0.0235. The van der Waals surface area contributed by atoms with Gasteiger partial charge >= 0.3 is 5.97 Å². The summed E-state index contributed by atoms with van der Waals surface area (Å²) >= 11 is 3.43. The topological polar surface area (TPSA) is 38.3 Å². The molecule has 1 fully saturated rings. The van der Waals surface area contributed by atoms with Crippen LogP contribution in [0.2, 0.25) is 0 Å². The van der Waals surface area contributed by atoms with Crippen molar-refractivity contribution in [1.29, 1.82) is 0 Å². The van der Waals surface area contributed by atoms with E-state index >= 15 is 0 Å². The lowest BCUT2D eigenvalue weighted by Crippen LogP contribution is -2.30. The third-order valence-corrected chi connectivity index (χ3v) is 4.09. The van der Waals surface area contributed by atoms with Crippen LogP contribution < -0.4 is 5.32 Å². The summed E-state index contributed by atoms with van der Waals surface area (Å²) in [6, 6.07) is 8.68. The van der Waals surface area contributed by atoms with Crippen molar-refractivity contribution < 1.29 is 9.53 Å². The zero-order valence-corrected chi connectivity index (χ0v) is 12.8. The van der Waals surface area contributed by atoms with Gasteiger partial charge < -0.3 is 10.1 Å². The second kappa shape index (κ2) is 6.94. The predicted molar refractivity (Wildman–Crippen MR) is 80.1 cm³/mol. The maximum Gasteiger partial charge on any atom is 0.308 e. The van der Waals surface area contributed by atoms with Crippen molar-refractivity contribution in [1.82, 2.24) is 0 Å². The average Bonchev–Trinajstić information content (AvgIpc) is 2.42. The number of halogens is 1. The predicted octanol–water partition coefficient (Wildman–Crippen LogP) is 3.98. The molecule has 1 N–H and O–H groups in total. The summed E-state index contributed by atoms with van der Waals surface area (Å²) < 4.78 is 6.17. The molecule has 1 aromatic rings. The molecule has 2 rings (SSSR count). The molecule has 1 aliphatic rings. The molecule has 0 spiro atoms. The van der Waals surface area contributed by atoms with Crippen molar-refractivity contribution in [3.63, 3.8) is 0 Å². The number of anilines is 1. The molecule has 19 heavy (non-hydrogen) atoms. The number of ether oxygens (including phenoxy) is 1. The van der Waals surface area contributed by atoms with Crippen LogP contribution in [0.5, 0.6) is 0 Å². The van der Waals surface area contributed by atoms with E-state index in [1.165, 1.54) is 0 Å². The van der Waals surface area contributed by atoms with E-state index in [0.29, 0.717) is 12.6 Å². The van der Waals surface area contributed by atoms with Gasteiger partial charge in [-0.3, -0.25) is 4.79 Å². The molecule has 0 saturated heterocycles. The Morgan fingerprint density at radius 3 is 2.47 bits per heavy atom. The van der Waals surface area contributed by atoms with Crippen LogP contribution in [-0.4, -0.2) is 18.6 Å². The Labute approximate surface area is 122 Å². The van der Waals surface area contributed by atoms with Gasteiger partial charge in [-0.2, -0.15) is 0 Å². The lowest BCUT2D eigenvalue weighted by atomic mass is 9.86. The maximum absolute atomic E-state index is 11.7. The SMILES string of the molecule is CCOC(=O)C1CCC(Nc2ccc(Br)cc2)CC1. The smallest absolute Gasteiger partial charge is 0.308 e. The lowest BCUT2D eigenvalue weighted by molar-refractivity contribution is -0.149. The summed E-state index contributed by atoms with van der Waals surface area (Å²) in [4.78, 5) is 11.7. The molecule has 0 unspecified atom stereocenters. The van der Waals surface area contributed by atoms with Gasteiger partial charge in [-0.25, -0.2) is 0 Å². The van der Waals surface area contributed by atoms with Crippen LogP contribution in [0.25, 0.3) is 0 Å². The van der Waals surface area contributed by atoms with E-state index in [1.54, 1.807) is 0 Å². The Bertz CT molecular complexity index is 411. The second-order valence-electron chi connectivity index (χ2n) is 4.95. The largest absolute Gasteiger partial charge is 0.466 e. The summed E-state index contributed by atoms with van der Waals surface area (Å²) in [5, 5.41) is 3.53. The minimum Gasteiger partial charge on any atom is -0.466 e. The molecular weight excluding hydrogens is 306 g/mol. The monoisotopic (exact) mass is 325 g/mol. The summed E-state index contributed by atoms with van der Waals surface area (Å²) in [5.74, 6) is 0.0764. The molecule has 0 aliphatic heterocycles. The zero-order chi connectivity index (χ0) is 13.7. The number of benzene rings is 1. The average molecular weight is 326 g/mol. The molecular formula is C15H20BrNO2. The van der Waals surface area contributed by atoms with Gasteiger partial charge in [0, 0.05) is 16.2 Å². The van der Waals surface area contributed by atoms with Gasteiger partial charge in [0.2, 0.25) is 0 Å². The highest BCUT2D eigenvalue weighted by Gasteiger charge is 2.26. The van der Waals surface area contributed by atoms with Crippen LogP contribution in [0.3, 0.4) is 0 Å². The summed E-state index contributed by atoms with van der Waals surface area (Å²) in [5.41, 5.74) is 1.14. The Morgan fingerprint density at radius 2 is 1.89 bits per heavy atom. The van der Waals surface area contributed by atoms with Gasteiger partial charge in [0.25, 0.3) is 0 Å². The molecule has 104 valence electrons. The van der Waals surface area contributed by atoms with Gasteiger partial charge in [-0.05, 0) is 56.9 Å². The molecule has 4 heteroatoms. The second-order valence-corrected chi connectivity index (χ2v) is 5.87. The van der Waals surface area contributed by atoms with Crippen molar-refractivity contribution in [2.24, 2.45) is 5.92 Å². The van der Waals surface area contributed by atoms with Crippen LogP contribution >= 0.6 is 15.9 Å². The molecule has 0 aromatic heterocycles. The van der Waals surface area contributed by atoms with Gasteiger partial charge in [0.1, 0.15) is 0 Å². The highest BCUT2D eigenvalue weighted by Crippen LogP contribution is 2.27. The highest BCUT2D eigenvalue weighted by molar-refractivity contribution is 9.10. The molecule has 1 aliphatic carbocycles. The van der Waals surface area contributed by atoms with Crippen molar-refractivity contribution in [3.8, 4) is 0 Å². The van der Waals surface area contributed by atoms with Crippen molar-refractivity contribution >= 4 is 27.6 Å². The number of rotatable bonds is 4. The summed E-state index contributed by atoms with van der Waals surface area (Å²) in [6.45, 7) is 2.34. The number of carbonyl (C=O) groups excluding carboxylic acids is 1. The quantitative estimate of drug-likeness (QED) is 0.851. The third kappa shape index (κ3) is 4.23. The van der Waals surface area contributed by atoms with E-state index in [4.69, 9.17) is 4.74 Å². The van der Waals surface area contributed by atoms with Gasteiger partial charge in [0.05, 0.1) is 12.5 Å². The van der Waals surface area contributed by atoms with E-state index < -0.39 is 0 Å². The summed E-state index contributed by atoms with van der Waals surface area (Å²) in [7, 11) is 0.